The smallest absolute Gasteiger partial charge is 0.338 e. The van der Waals surface area contributed by atoms with Crippen LogP contribution in [0.3, 0.4) is 0 Å². The third kappa shape index (κ3) is 5.73. The van der Waals surface area contributed by atoms with Gasteiger partial charge in [-0.3, -0.25) is 0 Å². The molecule has 0 spiro atoms. The summed E-state index contributed by atoms with van der Waals surface area (Å²) in [7, 11) is 0. The van der Waals surface area contributed by atoms with Gasteiger partial charge >= 0.3 is 11.9 Å². The Morgan fingerprint density at radius 3 is 1.35 bits per heavy atom. The van der Waals surface area contributed by atoms with E-state index in [9.17, 15) is 9.59 Å². The molecule has 0 aliphatic carbocycles. The molecule has 0 aliphatic rings. The Balaban J connectivity index is 1.87. The van der Waals surface area contributed by atoms with Crippen LogP contribution in [0.4, 0.5) is 0 Å². The molecular formula is C22H26O4. The highest BCUT2D eigenvalue weighted by Crippen LogP contribution is 2.21. The predicted molar refractivity (Wildman–Crippen MR) is 101 cm³/mol. The van der Waals surface area contributed by atoms with Crippen molar-refractivity contribution < 1.29 is 19.1 Å². The van der Waals surface area contributed by atoms with Crippen molar-refractivity contribution >= 4 is 11.9 Å². The van der Waals surface area contributed by atoms with Gasteiger partial charge in [-0.1, -0.05) is 50.2 Å². The molecule has 0 saturated carbocycles. The Morgan fingerprint density at radius 2 is 1.04 bits per heavy atom. The molecule has 0 amide bonds. The first-order chi connectivity index (χ1) is 12.7. The molecule has 0 radical (unpaired) electrons. The maximum atomic E-state index is 12.1. The van der Waals surface area contributed by atoms with Gasteiger partial charge in [0.25, 0.3) is 0 Å². The number of esters is 2. The lowest BCUT2D eigenvalue weighted by atomic mass is 9.89. The number of hydrogen-bond donors (Lipinski definition) is 0. The quantitative estimate of drug-likeness (QED) is 0.610. The minimum absolute atomic E-state index is 0.149. The summed E-state index contributed by atoms with van der Waals surface area (Å²) in [6.45, 7) is 4.77. The Labute approximate surface area is 155 Å². The van der Waals surface area contributed by atoms with Gasteiger partial charge in [-0.05, 0) is 48.9 Å². The van der Waals surface area contributed by atoms with Crippen LogP contribution in [0.2, 0.25) is 0 Å². The van der Waals surface area contributed by atoms with Crippen molar-refractivity contribution in [3.63, 3.8) is 0 Å². The van der Waals surface area contributed by atoms with E-state index in [4.69, 9.17) is 9.47 Å². The third-order valence-corrected chi connectivity index (χ3v) is 4.59. The number of hydrogen-bond acceptors (Lipinski definition) is 4. The standard InChI is InChI=1S/C22H26O4/c1-3-17(15-25-21(23)19-11-7-5-8-12-19)18(4-2)16-26-22(24)20-13-9-6-10-14-20/h5-14,17-18H,3-4,15-16H2,1-2H3. The van der Waals surface area contributed by atoms with Crippen LogP contribution in [0.5, 0.6) is 0 Å². The summed E-state index contributed by atoms with van der Waals surface area (Å²) in [5, 5.41) is 0. The van der Waals surface area contributed by atoms with Crippen molar-refractivity contribution in [3.8, 4) is 0 Å². The second-order valence-corrected chi connectivity index (χ2v) is 6.27. The van der Waals surface area contributed by atoms with Gasteiger partial charge in [-0.25, -0.2) is 9.59 Å². The first-order valence-corrected chi connectivity index (χ1v) is 9.10. The second kappa shape index (κ2) is 10.4. The lowest BCUT2D eigenvalue weighted by molar-refractivity contribution is 0.0209. The first-order valence-electron chi connectivity index (χ1n) is 9.10. The zero-order valence-corrected chi connectivity index (χ0v) is 15.4. The number of carbonyl (C=O) groups excluding carboxylic acids is 2. The van der Waals surface area contributed by atoms with Gasteiger partial charge in [0.05, 0.1) is 24.3 Å². The van der Waals surface area contributed by atoms with E-state index in [1.54, 1.807) is 24.3 Å². The monoisotopic (exact) mass is 354 g/mol. The molecule has 0 saturated heterocycles. The maximum absolute atomic E-state index is 12.1. The maximum Gasteiger partial charge on any atom is 0.338 e. The topological polar surface area (TPSA) is 52.6 Å². The van der Waals surface area contributed by atoms with Crippen molar-refractivity contribution in [2.75, 3.05) is 13.2 Å². The molecule has 2 unspecified atom stereocenters. The molecule has 138 valence electrons. The summed E-state index contributed by atoms with van der Waals surface area (Å²) >= 11 is 0. The normalized spacial score (nSPS) is 12.8. The molecular weight excluding hydrogens is 328 g/mol. The average Bonchev–Trinajstić information content (AvgIpc) is 2.71. The zero-order chi connectivity index (χ0) is 18.8. The lowest BCUT2D eigenvalue weighted by Gasteiger charge is -2.24. The average molecular weight is 354 g/mol. The van der Waals surface area contributed by atoms with Crippen molar-refractivity contribution in [2.24, 2.45) is 11.8 Å². The van der Waals surface area contributed by atoms with Crippen LogP contribution >= 0.6 is 0 Å². The highest BCUT2D eigenvalue weighted by atomic mass is 16.5. The van der Waals surface area contributed by atoms with E-state index in [1.807, 2.05) is 36.4 Å². The third-order valence-electron chi connectivity index (χ3n) is 4.59. The Kier molecular flexibility index (Phi) is 7.87. The Morgan fingerprint density at radius 1 is 0.692 bits per heavy atom. The number of ether oxygens (including phenoxy) is 2. The van der Waals surface area contributed by atoms with E-state index in [0.29, 0.717) is 24.3 Å². The van der Waals surface area contributed by atoms with Crippen LogP contribution in [0, 0.1) is 11.8 Å². The summed E-state index contributed by atoms with van der Waals surface area (Å²) in [6, 6.07) is 17.9. The van der Waals surface area contributed by atoms with Crippen LogP contribution < -0.4 is 0 Å². The van der Waals surface area contributed by atoms with Gasteiger partial charge in [0.1, 0.15) is 0 Å². The molecule has 0 bridgehead atoms. The van der Waals surface area contributed by atoms with Gasteiger partial charge in [0.15, 0.2) is 0 Å². The van der Waals surface area contributed by atoms with Gasteiger partial charge in [-0.15, -0.1) is 0 Å². The minimum Gasteiger partial charge on any atom is -0.462 e. The van der Waals surface area contributed by atoms with Crippen molar-refractivity contribution in [1.82, 2.24) is 0 Å². The van der Waals surface area contributed by atoms with Crippen molar-refractivity contribution in [2.45, 2.75) is 26.7 Å². The summed E-state index contributed by atoms with van der Waals surface area (Å²) in [6.07, 6.45) is 1.70. The fourth-order valence-corrected chi connectivity index (χ4v) is 2.86. The van der Waals surface area contributed by atoms with Gasteiger partial charge < -0.3 is 9.47 Å². The highest BCUT2D eigenvalue weighted by molar-refractivity contribution is 5.89. The SMILES string of the molecule is CCC(COC(=O)c1ccccc1)C(CC)COC(=O)c1ccccc1. The molecule has 2 atom stereocenters. The second-order valence-electron chi connectivity index (χ2n) is 6.27. The van der Waals surface area contributed by atoms with Crippen LogP contribution in [-0.2, 0) is 9.47 Å². The van der Waals surface area contributed by atoms with E-state index in [0.717, 1.165) is 12.8 Å². The van der Waals surface area contributed by atoms with Crippen LogP contribution in [0.15, 0.2) is 60.7 Å². The fourth-order valence-electron chi connectivity index (χ4n) is 2.86. The highest BCUT2D eigenvalue weighted by Gasteiger charge is 2.22. The first kappa shape index (κ1) is 19.7. The van der Waals surface area contributed by atoms with E-state index in [1.165, 1.54) is 0 Å². The largest absolute Gasteiger partial charge is 0.462 e. The summed E-state index contributed by atoms with van der Waals surface area (Å²) in [5.41, 5.74) is 1.09. The molecule has 4 nitrogen and oxygen atoms in total. The fraction of sp³-hybridized carbons (Fsp3) is 0.364. The van der Waals surface area contributed by atoms with Crippen molar-refractivity contribution in [1.29, 1.82) is 0 Å². The van der Waals surface area contributed by atoms with Crippen molar-refractivity contribution in [3.05, 3.63) is 71.8 Å². The summed E-state index contributed by atoms with van der Waals surface area (Å²) < 4.78 is 11.0. The van der Waals surface area contributed by atoms with Crippen LogP contribution in [0.1, 0.15) is 47.4 Å². The predicted octanol–water partition coefficient (Wildman–Crippen LogP) is 4.75. The Hall–Kier alpha value is -2.62. The van der Waals surface area contributed by atoms with E-state index >= 15 is 0 Å². The Bertz CT molecular complexity index is 620. The molecule has 2 aromatic rings. The molecule has 2 aromatic carbocycles. The van der Waals surface area contributed by atoms with E-state index < -0.39 is 0 Å². The van der Waals surface area contributed by atoms with Gasteiger partial charge in [-0.2, -0.15) is 0 Å². The molecule has 0 aliphatic heterocycles. The van der Waals surface area contributed by atoms with Crippen LogP contribution in [0.25, 0.3) is 0 Å². The minimum atomic E-state index is -0.319. The number of benzene rings is 2. The molecule has 0 heterocycles. The molecule has 0 fully saturated rings. The van der Waals surface area contributed by atoms with E-state index in [2.05, 4.69) is 13.8 Å². The van der Waals surface area contributed by atoms with Crippen LogP contribution in [-0.4, -0.2) is 25.2 Å². The molecule has 0 N–H and O–H groups in total. The number of rotatable bonds is 9. The molecule has 4 heteroatoms. The molecule has 0 aromatic heterocycles. The van der Waals surface area contributed by atoms with E-state index in [-0.39, 0.29) is 23.8 Å². The zero-order valence-electron chi connectivity index (χ0n) is 15.4. The lowest BCUT2D eigenvalue weighted by Crippen LogP contribution is -2.26. The summed E-state index contributed by atoms with van der Waals surface area (Å²) in [4.78, 5) is 24.2. The van der Waals surface area contributed by atoms with Gasteiger partial charge in [0, 0.05) is 0 Å². The molecule has 2 rings (SSSR count). The summed E-state index contributed by atoms with van der Waals surface area (Å²) in [5.74, 6) is -0.340. The number of carbonyl (C=O) groups is 2. The molecule has 26 heavy (non-hydrogen) atoms. The van der Waals surface area contributed by atoms with Gasteiger partial charge in [0.2, 0.25) is 0 Å².